The predicted molar refractivity (Wildman–Crippen MR) is 156 cm³/mol. The highest BCUT2D eigenvalue weighted by atomic mass is 35.5. The SMILES string of the molecule is COc1cc(N2C(=O)c3cc(Cl)c(Cl)cc3C2=O)c(Cl)cc1C(=O)O[C@H](C(=O)c1ccccc1)c1ccc(Cl)cc1. The van der Waals surface area contributed by atoms with E-state index in [-0.39, 0.29) is 43.2 Å². The Morgan fingerprint density at radius 2 is 1.34 bits per heavy atom. The van der Waals surface area contributed by atoms with Crippen molar-refractivity contribution in [2.45, 2.75) is 6.10 Å². The van der Waals surface area contributed by atoms with Gasteiger partial charge in [0, 0.05) is 22.2 Å². The van der Waals surface area contributed by atoms with E-state index < -0.39 is 29.7 Å². The molecule has 0 unspecified atom stereocenters. The molecule has 0 N–H and O–H groups in total. The number of halogens is 4. The number of fused-ring (bicyclic) bond motifs is 1. The van der Waals surface area contributed by atoms with Gasteiger partial charge in [-0.1, -0.05) is 88.9 Å². The van der Waals surface area contributed by atoms with Gasteiger partial charge in [0.25, 0.3) is 11.8 Å². The molecule has 1 atom stereocenters. The minimum absolute atomic E-state index is 0.0341. The first kappa shape index (κ1) is 28.6. The Morgan fingerprint density at radius 1 is 0.756 bits per heavy atom. The van der Waals surface area contributed by atoms with Crippen LogP contribution in [0.5, 0.6) is 5.75 Å². The number of hydrogen-bond donors (Lipinski definition) is 0. The maximum absolute atomic E-state index is 13.5. The standard InChI is InChI=1S/C30H17Cl4NO6/c1-40-25-14-24(35-28(37)18-11-21(32)22(33)12-19(18)29(35)38)23(34)13-20(25)30(39)41-27(16-7-9-17(31)10-8-16)26(36)15-5-3-2-4-6-15/h2-14,27H,1H3/t27-/m0/s1. The van der Waals surface area contributed by atoms with Gasteiger partial charge in [0.1, 0.15) is 11.3 Å². The molecule has 0 aromatic heterocycles. The van der Waals surface area contributed by atoms with E-state index in [2.05, 4.69) is 0 Å². The van der Waals surface area contributed by atoms with Crippen molar-refractivity contribution in [2.75, 3.05) is 12.0 Å². The Labute approximate surface area is 254 Å². The number of methoxy groups -OCH3 is 1. The van der Waals surface area contributed by atoms with Crippen molar-refractivity contribution < 1.29 is 28.7 Å². The number of benzene rings is 4. The molecule has 1 aliphatic heterocycles. The van der Waals surface area contributed by atoms with Gasteiger partial charge < -0.3 is 9.47 Å². The second-order valence-electron chi connectivity index (χ2n) is 8.83. The maximum atomic E-state index is 13.5. The molecular weight excluding hydrogens is 612 g/mol. The van der Waals surface area contributed by atoms with Gasteiger partial charge in [-0.2, -0.15) is 0 Å². The van der Waals surface area contributed by atoms with Crippen LogP contribution in [0.4, 0.5) is 5.69 Å². The monoisotopic (exact) mass is 627 g/mol. The summed E-state index contributed by atoms with van der Waals surface area (Å²) in [6.45, 7) is 0. The van der Waals surface area contributed by atoms with Crippen LogP contribution in [0.25, 0.3) is 0 Å². The molecule has 4 aromatic rings. The maximum Gasteiger partial charge on any atom is 0.343 e. The zero-order valence-electron chi connectivity index (χ0n) is 21.0. The molecule has 41 heavy (non-hydrogen) atoms. The summed E-state index contributed by atoms with van der Waals surface area (Å²) in [6.07, 6.45) is -1.32. The molecule has 1 heterocycles. The first-order valence-electron chi connectivity index (χ1n) is 11.9. The molecule has 7 nitrogen and oxygen atoms in total. The Morgan fingerprint density at radius 3 is 1.90 bits per heavy atom. The number of carbonyl (C=O) groups is 4. The molecule has 0 bridgehead atoms. The van der Waals surface area contributed by atoms with Crippen LogP contribution in [0.3, 0.4) is 0 Å². The van der Waals surface area contributed by atoms with Crippen molar-refractivity contribution in [1.82, 2.24) is 0 Å². The Balaban J connectivity index is 1.50. The molecule has 1 aliphatic rings. The van der Waals surface area contributed by atoms with E-state index in [9.17, 15) is 19.2 Å². The Bertz CT molecular complexity index is 1680. The number of ether oxygens (including phenoxy) is 2. The van der Waals surface area contributed by atoms with Gasteiger partial charge in [0.05, 0.1) is 39.0 Å². The first-order chi connectivity index (χ1) is 19.6. The third kappa shape index (κ3) is 5.42. The summed E-state index contributed by atoms with van der Waals surface area (Å²) in [5.41, 5.74) is 0.645. The quantitative estimate of drug-likeness (QED) is 0.117. The number of anilines is 1. The molecule has 5 rings (SSSR count). The van der Waals surface area contributed by atoms with E-state index in [0.717, 1.165) is 4.90 Å². The molecule has 0 radical (unpaired) electrons. The lowest BCUT2D eigenvalue weighted by atomic mass is 9.99. The van der Waals surface area contributed by atoms with Crippen molar-refractivity contribution in [3.05, 3.63) is 127 Å². The number of imide groups is 1. The minimum Gasteiger partial charge on any atom is -0.496 e. The lowest BCUT2D eigenvalue weighted by Crippen LogP contribution is -2.30. The average molecular weight is 629 g/mol. The van der Waals surface area contributed by atoms with Crippen molar-refractivity contribution in [1.29, 1.82) is 0 Å². The zero-order valence-corrected chi connectivity index (χ0v) is 24.0. The number of ketones is 1. The number of hydrogen-bond acceptors (Lipinski definition) is 6. The first-order valence-corrected chi connectivity index (χ1v) is 13.4. The van der Waals surface area contributed by atoms with Crippen molar-refractivity contribution in [2.24, 2.45) is 0 Å². The van der Waals surface area contributed by atoms with Gasteiger partial charge in [-0.25, -0.2) is 9.69 Å². The van der Waals surface area contributed by atoms with Crippen LogP contribution in [0.15, 0.2) is 78.9 Å². The van der Waals surface area contributed by atoms with E-state index in [1.165, 1.54) is 31.4 Å². The highest BCUT2D eigenvalue weighted by Gasteiger charge is 2.39. The topological polar surface area (TPSA) is 90.0 Å². The summed E-state index contributed by atoms with van der Waals surface area (Å²) in [5.74, 6) is -2.81. The molecule has 11 heteroatoms. The van der Waals surface area contributed by atoms with E-state index in [1.54, 1.807) is 54.6 Å². The van der Waals surface area contributed by atoms with Gasteiger partial charge in [-0.15, -0.1) is 0 Å². The van der Waals surface area contributed by atoms with E-state index >= 15 is 0 Å². The summed E-state index contributed by atoms with van der Waals surface area (Å²) in [7, 11) is 1.29. The van der Waals surface area contributed by atoms with Gasteiger partial charge >= 0.3 is 5.97 Å². The average Bonchev–Trinajstić information content (AvgIpc) is 3.20. The lowest BCUT2D eigenvalue weighted by molar-refractivity contribution is 0.0277. The number of nitrogens with zero attached hydrogens (tertiary/aromatic N) is 1. The van der Waals surface area contributed by atoms with Crippen molar-refractivity contribution >= 4 is 75.7 Å². The van der Waals surface area contributed by atoms with Gasteiger partial charge in [-0.05, 0) is 30.3 Å². The van der Waals surface area contributed by atoms with E-state index in [0.29, 0.717) is 16.1 Å². The minimum atomic E-state index is -1.32. The fraction of sp³-hybridized carbons (Fsp3) is 0.0667. The van der Waals surface area contributed by atoms with Gasteiger partial charge in [0.2, 0.25) is 5.78 Å². The summed E-state index contributed by atoms with van der Waals surface area (Å²) >= 11 is 24.6. The van der Waals surface area contributed by atoms with Crippen molar-refractivity contribution in [3.63, 3.8) is 0 Å². The van der Waals surface area contributed by atoms with E-state index in [1.807, 2.05) is 0 Å². The highest BCUT2D eigenvalue weighted by Crippen LogP contribution is 2.40. The molecule has 2 amide bonds. The number of carbonyl (C=O) groups excluding carboxylic acids is 4. The normalized spacial score (nSPS) is 13.1. The predicted octanol–water partition coefficient (Wildman–Crippen LogP) is 7.89. The number of Topliss-reactive ketones (excluding diaryl/α,β-unsaturated/α-hetero) is 1. The van der Waals surface area contributed by atoms with Gasteiger partial charge in [0.15, 0.2) is 6.10 Å². The third-order valence-electron chi connectivity index (χ3n) is 6.35. The Hall–Kier alpha value is -3.88. The van der Waals surface area contributed by atoms with Crippen LogP contribution < -0.4 is 9.64 Å². The molecule has 0 saturated carbocycles. The fourth-order valence-electron chi connectivity index (χ4n) is 4.33. The van der Waals surface area contributed by atoms with Crippen LogP contribution >= 0.6 is 46.4 Å². The van der Waals surface area contributed by atoms with Gasteiger partial charge in [-0.3, -0.25) is 14.4 Å². The third-order valence-corrected chi connectivity index (χ3v) is 7.63. The van der Waals surface area contributed by atoms with Crippen LogP contribution in [0.2, 0.25) is 20.1 Å². The molecule has 0 aliphatic carbocycles. The molecule has 0 saturated heterocycles. The molecule has 0 spiro atoms. The summed E-state index contributed by atoms with van der Waals surface area (Å²) in [5, 5.41) is 0.528. The zero-order chi connectivity index (χ0) is 29.4. The number of esters is 1. The van der Waals surface area contributed by atoms with Crippen molar-refractivity contribution in [3.8, 4) is 5.75 Å². The largest absolute Gasteiger partial charge is 0.496 e. The molecular formula is C30H17Cl4NO6. The van der Waals surface area contributed by atoms with Crippen LogP contribution in [0.1, 0.15) is 53.1 Å². The Kier molecular flexibility index (Phi) is 8.07. The lowest BCUT2D eigenvalue weighted by Gasteiger charge is -2.20. The second-order valence-corrected chi connectivity index (χ2v) is 10.5. The van der Waals surface area contributed by atoms with Crippen LogP contribution in [-0.2, 0) is 4.74 Å². The number of amides is 2. The molecule has 206 valence electrons. The second kappa shape index (κ2) is 11.5. The number of rotatable bonds is 7. The van der Waals surface area contributed by atoms with Crippen LogP contribution in [0, 0.1) is 0 Å². The smallest absolute Gasteiger partial charge is 0.343 e. The fourth-order valence-corrected chi connectivity index (χ4v) is 5.03. The highest BCUT2D eigenvalue weighted by molar-refractivity contribution is 6.45. The van der Waals surface area contributed by atoms with E-state index in [4.69, 9.17) is 55.9 Å². The van der Waals surface area contributed by atoms with Crippen LogP contribution in [-0.4, -0.2) is 30.7 Å². The summed E-state index contributed by atoms with van der Waals surface area (Å²) in [4.78, 5) is 54.0. The molecule has 0 fully saturated rings. The summed E-state index contributed by atoms with van der Waals surface area (Å²) < 4.78 is 11.1. The summed E-state index contributed by atoms with van der Waals surface area (Å²) in [6, 6.07) is 19.7. The molecule has 4 aromatic carbocycles.